The van der Waals surface area contributed by atoms with Crippen LogP contribution in [0.3, 0.4) is 0 Å². The topological polar surface area (TPSA) is 60.2 Å². The Labute approximate surface area is 145 Å². The fourth-order valence-electron chi connectivity index (χ4n) is 2.05. The van der Waals surface area contributed by atoms with Gasteiger partial charge >= 0.3 is 6.18 Å². The predicted molar refractivity (Wildman–Crippen MR) is 89.9 cm³/mol. The maximum Gasteiger partial charge on any atom is 0.422 e. The first kappa shape index (κ1) is 18.7. The van der Waals surface area contributed by atoms with Gasteiger partial charge in [-0.2, -0.15) is 13.2 Å². The highest BCUT2D eigenvalue weighted by Gasteiger charge is 2.37. The van der Waals surface area contributed by atoms with Crippen LogP contribution in [0.2, 0.25) is 0 Å². The van der Waals surface area contributed by atoms with Gasteiger partial charge in [-0.1, -0.05) is 42.5 Å². The molecule has 0 N–H and O–H groups in total. The van der Waals surface area contributed by atoms with E-state index in [-0.39, 0.29) is 23.3 Å². The van der Waals surface area contributed by atoms with Gasteiger partial charge in [0.15, 0.2) is 6.29 Å². The molecule has 8 heteroatoms. The number of nitrogens with zero attached hydrogens (tertiary/aromatic N) is 1. The molecule has 0 aliphatic carbocycles. The lowest BCUT2D eigenvalue weighted by molar-refractivity contribution is -0.384. The van der Waals surface area contributed by atoms with Crippen molar-refractivity contribution in [1.29, 1.82) is 0 Å². The average Bonchev–Trinajstić information content (AvgIpc) is 2.58. The number of hydrogen-bond acceptors (Lipinski definition) is 4. The summed E-state index contributed by atoms with van der Waals surface area (Å²) in [5.41, 5.74) is 0.0925. The van der Waals surface area contributed by atoms with Crippen molar-refractivity contribution in [1.82, 2.24) is 0 Å². The summed E-state index contributed by atoms with van der Waals surface area (Å²) in [5.74, 6) is -0.0724. The molecule has 0 aliphatic heterocycles. The fourth-order valence-corrected chi connectivity index (χ4v) is 3.04. The third kappa shape index (κ3) is 4.93. The van der Waals surface area contributed by atoms with Crippen molar-refractivity contribution < 1.29 is 22.9 Å². The Morgan fingerprint density at radius 3 is 2.16 bits per heavy atom. The van der Waals surface area contributed by atoms with E-state index in [0.29, 0.717) is 17.3 Å². The van der Waals surface area contributed by atoms with Crippen LogP contribution < -0.4 is 0 Å². The lowest BCUT2D eigenvalue weighted by atomic mass is 10.1. The van der Waals surface area contributed by atoms with Gasteiger partial charge < -0.3 is 0 Å². The molecule has 0 atom stereocenters. The van der Waals surface area contributed by atoms with Crippen molar-refractivity contribution >= 4 is 29.3 Å². The molecular formula is C17H12F3NO3S. The van der Waals surface area contributed by atoms with Gasteiger partial charge in [-0.15, -0.1) is 11.8 Å². The van der Waals surface area contributed by atoms with Crippen molar-refractivity contribution in [3.05, 3.63) is 80.7 Å². The Morgan fingerprint density at radius 1 is 1.08 bits per heavy atom. The quantitative estimate of drug-likeness (QED) is 0.312. The molecule has 25 heavy (non-hydrogen) atoms. The van der Waals surface area contributed by atoms with E-state index in [9.17, 15) is 28.1 Å². The average molecular weight is 367 g/mol. The largest absolute Gasteiger partial charge is 0.422 e. The molecule has 130 valence electrons. The third-order valence-electron chi connectivity index (χ3n) is 3.24. The number of carbonyl (C=O) groups is 1. The fraction of sp³-hybridized carbons (Fsp3) is 0.118. The van der Waals surface area contributed by atoms with Gasteiger partial charge in [0.25, 0.3) is 5.69 Å². The van der Waals surface area contributed by atoms with Gasteiger partial charge in [0.1, 0.15) is 0 Å². The summed E-state index contributed by atoms with van der Waals surface area (Å²) < 4.78 is 40.2. The summed E-state index contributed by atoms with van der Waals surface area (Å²) in [7, 11) is 0. The molecule has 0 unspecified atom stereocenters. The zero-order valence-corrected chi connectivity index (χ0v) is 13.5. The summed E-state index contributed by atoms with van der Waals surface area (Å²) in [6.45, 7) is 0. The summed E-state index contributed by atoms with van der Waals surface area (Å²) in [6.07, 6.45) is -4.49. The number of halogens is 3. The smallest absolute Gasteiger partial charge is 0.298 e. The van der Waals surface area contributed by atoms with Crippen LogP contribution in [-0.4, -0.2) is 17.4 Å². The molecule has 0 radical (unpaired) electrons. The highest BCUT2D eigenvalue weighted by molar-refractivity contribution is 8.02. The molecule has 0 fully saturated rings. The molecule has 0 aliphatic rings. The molecule has 0 spiro atoms. The van der Waals surface area contributed by atoms with Crippen molar-refractivity contribution in [2.45, 2.75) is 11.9 Å². The molecule has 2 aromatic rings. The molecule has 0 saturated carbocycles. The zero-order chi connectivity index (χ0) is 18.4. The van der Waals surface area contributed by atoms with Crippen molar-refractivity contribution in [3.63, 3.8) is 0 Å². The van der Waals surface area contributed by atoms with E-state index in [1.54, 1.807) is 18.2 Å². The minimum absolute atomic E-state index is 0.0724. The molecule has 0 saturated heterocycles. The first-order chi connectivity index (χ1) is 11.8. The number of aldehydes is 1. The van der Waals surface area contributed by atoms with E-state index in [0.717, 1.165) is 0 Å². The van der Waals surface area contributed by atoms with Crippen LogP contribution in [0.15, 0.2) is 59.5 Å². The Balaban J connectivity index is 2.31. The molecule has 2 aromatic carbocycles. The number of allylic oxidation sites excluding steroid dienone is 2. The molecule has 0 aromatic heterocycles. The van der Waals surface area contributed by atoms with Crippen molar-refractivity contribution in [2.75, 3.05) is 0 Å². The first-order valence-corrected chi connectivity index (χ1v) is 7.99. The summed E-state index contributed by atoms with van der Waals surface area (Å²) in [6, 6.07) is 12.8. The summed E-state index contributed by atoms with van der Waals surface area (Å²) in [4.78, 5) is 20.3. The number of non-ortho nitro benzene ring substituents is 1. The van der Waals surface area contributed by atoms with Gasteiger partial charge in [-0.25, -0.2) is 0 Å². The van der Waals surface area contributed by atoms with E-state index < -0.39 is 21.6 Å². The highest BCUT2D eigenvalue weighted by atomic mass is 32.2. The van der Waals surface area contributed by atoms with Crippen LogP contribution in [0.1, 0.15) is 11.1 Å². The standard InChI is InChI=1S/C17H12F3NO3S/c18-17(19,20)16(15(10-22)13-4-2-1-3-5-13)25-11-12-6-8-14(9-7-12)21(23)24/h1-10H,11H2/b16-15-. The molecule has 0 heterocycles. The maximum atomic E-state index is 13.4. The van der Waals surface area contributed by atoms with Crippen LogP contribution in [0.25, 0.3) is 5.57 Å². The number of nitro groups is 1. The van der Waals surface area contributed by atoms with Crippen LogP contribution >= 0.6 is 11.8 Å². The third-order valence-corrected chi connectivity index (χ3v) is 4.45. The van der Waals surface area contributed by atoms with E-state index in [1.165, 1.54) is 36.4 Å². The number of alkyl halides is 3. The molecule has 4 nitrogen and oxygen atoms in total. The minimum Gasteiger partial charge on any atom is -0.298 e. The van der Waals surface area contributed by atoms with Crippen molar-refractivity contribution in [3.8, 4) is 0 Å². The summed E-state index contributed by atoms with van der Waals surface area (Å²) in [5, 5.41) is 10.6. The first-order valence-electron chi connectivity index (χ1n) is 7.01. The molecule has 2 rings (SSSR count). The Bertz CT molecular complexity index is 787. The van der Waals surface area contributed by atoms with E-state index in [2.05, 4.69) is 0 Å². The van der Waals surface area contributed by atoms with Gasteiger partial charge in [-0.05, 0) is 11.1 Å². The maximum absolute atomic E-state index is 13.4. The lowest BCUT2D eigenvalue weighted by Gasteiger charge is -2.15. The van der Waals surface area contributed by atoms with E-state index in [1.807, 2.05) is 0 Å². The number of hydrogen-bond donors (Lipinski definition) is 0. The van der Waals surface area contributed by atoms with Gasteiger partial charge in [-0.3, -0.25) is 14.9 Å². The van der Waals surface area contributed by atoms with Gasteiger partial charge in [0, 0.05) is 23.5 Å². The summed E-state index contributed by atoms with van der Waals surface area (Å²) >= 11 is 0.477. The SMILES string of the molecule is O=C/C(=C(/SCc1ccc([N+](=O)[O-])cc1)C(F)(F)F)c1ccccc1. The van der Waals surface area contributed by atoms with Crippen molar-refractivity contribution in [2.24, 2.45) is 0 Å². The highest BCUT2D eigenvalue weighted by Crippen LogP contribution is 2.40. The van der Waals surface area contributed by atoms with Crippen LogP contribution in [0.4, 0.5) is 18.9 Å². The zero-order valence-electron chi connectivity index (χ0n) is 12.7. The van der Waals surface area contributed by atoms with Crippen LogP contribution in [-0.2, 0) is 10.5 Å². The number of rotatable bonds is 6. The number of thioether (sulfide) groups is 1. The minimum atomic E-state index is -4.68. The lowest BCUT2D eigenvalue weighted by Crippen LogP contribution is -2.12. The Kier molecular flexibility index (Phi) is 5.97. The van der Waals surface area contributed by atoms with Crippen LogP contribution in [0, 0.1) is 10.1 Å². The number of nitro benzene ring substituents is 1. The second-order valence-electron chi connectivity index (χ2n) is 4.94. The predicted octanol–water partition coefficient (Wildman–Crippen LogP) is 5.00. The van der Waals surface area contributed by atoms with Gasteiger partial charge in [0.05, 0.1) is 9.83 Å². The monoisotopic (exact) mass is 367 g/mol. The Hall–Kier alpha value is -2.61. The van der Waals surface area contributed by atoms with E-state index in [4.69, 9.17) is 0 Å². The van der Waals surface area contributed by atoms with E-state index >= 15 is 0 Å². The number of benzene rings is 2. The molecular weight excluding hydrogens is 355 g/mol. The number of carbonyl (C=O) groups excluding carboxylic acids is 1. The second kappa shape index (κ2) is 7.98. The molecule has 0 amide bonds. The second-order valence-corrected chi connectivity index (χ2v) is 5.92. The molecule has 0 bridgehead atoms. The Morgan fingerprint density at radius 2 is 1.68 bits per heavy atom. The van der Waals surface area contributed by atoms with Crippen LogP contribution in [0.5, 0.6) is 0 Å². The van der Waals surface area contributed by atoms with Gasteiger partial charge in [0.2, 0.25) is 0 Å². The normalized spacial score (nSPS) is 12.4.